The van der Waals surface area contributed by atoms with Crippen LogP contribution in [0.25, 0.3) is 0 Å². The van der Waals surface area contributed by atoms with Crippen molar-refractivity contribution in [2.24, 2.45) is 7.05 Å². The minimum Gasteiger partial charge on any atom is -0.481 e. The molecule has 2 aromatic heterocycles. The van der Waals surface area contributed by atoms with Crippen molar-refractivity contribution in [1.82, 2.24) is 20.1 Å². The number of rotatable bonds is 6. The monoisotopic (exact) mass is 276 g/mol. The molecule has 0 radical (unpaired) electrons. The van der Waals surface area contributed by atoms with Crippen LogP contribution >= 0.6 is 0 Å². The molecule has 0 fully saturated rings. The number of carboxylic acid groups (broad SMARTS) is 1. The Morgan fingerprint density at radius 3 is 3.00 bits per heavy atom. The number of pyridine rings is 1. The van der Waals surface area contributed by atoms with Gasteiger partial charge in [0.15, 0.2) is 0 Å². The van der Waals surface area contributed by atoms with E-state index in [2.05, 4.69) is 15.4 Å². The zero-order valence-corrected chi connectivity index (χ0v) is 11.3. The summed E-state index contributed by atoms with van der Waals surface area (Å²) in [5, 5.41) is 16.2. The average Bonchev–Trinajstić information content (AvgIpc) is 2.81. The molecule has 0 saturated carbocycles. The molecule has 2 N–H and O–H groups in total. The molecule has 2 aromatic rings. The molecule has 0 unspecified atom stereocenters. The highest BCUT2D eigenvalue weighted by molar-refractivity contribution is 5.88. The van der Waals surface area contributed by atoms with Crippen LogP contribution in [0, 0.1) is 0 Å². The molecule has 106 valence electrons. The maximum absolute atomic E-state index is 11.0. The first-order valence-corrected chi connectivity index (χ1v) is 6.05. The van der Waals surface area contributed by atoms with Gasteiger partial charge in [-0.25, -0.2) is 9.78 Å². The number of ether oxygens (including phenoxy) is 1. The van der Waals surface area contributed by atoms with Gasteiger partial charge in [0.05, 0.1) is 19.0 Å². The van der Waals surface area contributed by atoms with Crippen molar-refractivity contribution in [3.8, 4) is 5.88 Å². The Labute approximate surface area is 116 Å². The summed E-state index contributed by atoms with van der Waals surface area (Å²) in [6.45, 7) is 1.01. The minimum atomic E-state index is -0.972. The van der Waals surface area contributed by atoms with E-state index in [1.54, 1.807) is 25.0 Å². The molecule has 0 amide bonds. The fourth-order valence-corrected chi connectivity index (χ4v) is 1.85. The quantitative estimate of drug-likeness (QED) is 0.811. The van der Waals surface area contributed by atoms with Gasteiger partial charge in [0.2, 0.25) is 5.88 Å². The highest BCUT2D eigenvalue weighted by Crippen LogP contribution is 2.10. The number of carboxylic acids is 1. The molecule has 2 rings (SSSR count). The van der Waals surface area contributed by atoms with E-state index in [1.807, 2.05) is 12.1 Å². The summed E-state index contributed by atoms with van der Waals surface area (Å²) in [5.74, 6) is -0.420. The summed E-state index contributed by atoms with van der Waals surface area (Å²) >= 11 is 0. The normalized spacial score (nSPS) is 10.5. The van der Waals surface area contributed by atoms with E-state index >= 15 is 0 Å². The van der Waals surface area contributed by atoms with Crippen LogP contribution in [0.3, 0.4) is 0 Å². The Morgan fingerprint density at radius 1 is 1.50 bits per heavy atom. The lowest BCUT2D eigenvalue weighted by molar-refractivity contribution is 0.0695. The number of carbonyl (C=O) groups is 1. The minimum absolute atomic E-state index is 0.215. The summed E-state index contributed by atoms with van der Waals surface area (Å²) in [5.41, 5.74) is 1.86. The molecular formula is C13H16N4O3. The van der Waals surface area contributed by atoms with Crippen LogP contribution in [0.1, 0.15) is 21.6 Å². The van der Waals surface area contributed by atoms with Crippen LogP contribution in [0.5, 0.6) is 5.88 Å². The van der Waals surface area contributed by atoms with Crippen molar-refractivity contribution in [2.45, 2.75) is 13.1 Å². The van der Waals surface area contributed by atoms with Crippen LogP contribution in [0.4, 0.5) is 0 Å². The van der Waals surface area contributed by atoms with E-state index < -0.39 is 5.97 Å². The van der Waals surface area contributed by atoms with Gasteiger partial charge >= 0.3 is 5.97 Å². The molecule has 0 aliphatic heterocycles. The van der Waals surface area contributed by atoms with Gasteiger partial charge in [0, 0.05) is 32.4 Å². The van der Waals surface area contributed by atoms with E-state index in [0.29, 0.717) is 24.7 Å². The van der Waals surface area contributed by atoms with Crippen LogP contribution in [0.2, 0.25) is 0 Å². The molecule has 0 saturated heterocycles. The van der Waals surface area contributed by atoms with Crippen molar-refractivity contribution in [3.05, 3.63) is 41.3 Å². The van der Waals surface area contributed by atoms with E-state index in [1.165, 1.54) is 6.20 Å². The fourth-order valence-electron chi connectivity index (χ4n) is 1.85. The number of aromatic nitrogens is 3. The molecule has 7 nitrogen and oxygen atoms in total. The van der Waals surface area contributed by atoms with E-state index in [0.717, 1.165) is 5.56 Å². The molecule has 7 heteroatoms. The SMILES string of the molecule is COc1cc(CNCc2c(C(=O)O)cnn2C)ccn1. The number of methoxy groups -OCH3 is 1. The van der Waals surface area contributed by atoms with Crippen molar-refractivity contribution in [3.63, 3.8) is 0 Å². The number of aryl methyl sites for hydroxylation is 1. The van der Waals surface area contributed by atoms with E-state index in [9.17, 15) is 4.79 Å². The fraction of sp³-hybridized carbons (Fsp3) is 0.308. The van der Waals surface area contributed by atoms with E-state index in [4.69, 9.17) is 9.84 Å². The van der Waals surface area contributed by atoms with Gasteiger partial charge in [-0.15, -0.1) is 0 Å². The van der Waals surface area contributed by atoms with Gasteiger partial charge in [-0.2, -0.15) is 5.10 Å². The third-order valence-corrected chi connectivity index (χ3v) is 2.92. The zero-order chi connectivity index (χ0) is 14.5. The smallest absolute Gasteiger partial charge is 0.339 e. The number of nitrogens with zero attached hydrogens (tertiary/aromatic N) is 3. The summed E-state index contributed by atoms with van der Waals surface area (Å²) in [6.07, 6.45) is 3.03. The van der Waals surface area contributed by atoms with Gasteiger partial charge in [-0.3, -0.25) is 4.68 Å². The lowest BCUT2D eigenvalue weighted by Gasteiger charge is -2.07. The predicted molar refractivity (Wildman–Crippen MR) is 71.5 cm³/mol. The molecule has 0 atom stereocenters. The summed E-state index contributed by atoms with van der Waals surface area (Å²) < 4.78 is 6.61. The molecule has 0 aliphatic carbocycles. The Bertz CT molecular complexity index is 609. The summed E-state index contributed by atoms with van der Waals surface area (Å²) in [7, 11) is 3.28. The second-order valence-corrected chi connectivity index (χ2v) is 4.24. The van der Waals surface area contributed by atoms with Crippen LogP contribution in [-0.4, -0.2) is 33.0 Å². The van der Waals surface area contributed by atoms with Crippen LogP contribution < -0.4 is 10.1 Å². The highest BCUT2D eigenvalue weighted by atomic mass is 16.5. The third kappa shape index (κ3) is 3.12. The first kappa shape index (κ1) is 14.0. The van der Waals surface area contributed by atoms with Crippen molar-refractivity contribution < 1.29 is 14.6 Å². The zero-order valence-electron chi connectivity index (χ0n) is 11.3. The summed E-state index contributed by atoms with van der Waals surface area (Å²) in [4.78, 5) is 15.1. The lowest BCUT2D eigenvalue weighted by Crippen LogP contribution is -2.17. The van der Waals surface area contributed by atoms with Crippen molar-refractivity contribution in [2.75, 3.05) is 7.11 Å². The van der Waals surface area contributed by atoms with Crippen molar-refractivity contribution in [1.29, 1.82) is 0 Å². The maximum Gasteiger partial charge on any atom is 0.339 e. The number of hydrogen-bond acceptors (Lipinski definition) is 5. The van der Waals surface area contributed by atoms with Gasteiger partial charge in [0.25, 0.3) is 0 Å². The molecule has 0 bridgehead atoms. The average molecular weight is 276 g/mol. The van der Waals surface area contributed by atoms with Gasteiger partial charge < -0.3 is 15.2 Å². The molecule has 0 aromatic carbocycles. The topological polar surface area (TPSA) is 89.3 Å². The second-order valence-electron chi connectivity index (χ2n) is 4.24. The van der Waals surface area contributed by atoms with E-state index in [-0.39, 0.29) is 5.56 Å². The molecule has 0 spiro atoms. The number of nitrogens with one attached hydrogen (secondary N) is 1. The Hall–Kier alpha value is -2.41. The standard InChI is InChI=1S/C13H16N4O3/c1-17-11(10(7-16-17)13(18)19)8-14-6-9-3-4-15-12(5-9)20-2/h3-5,7,14H,6,8H2,1-2H3,(H,18,19). The molecular weight excluding hydrogens is 260 g/mol. The second kappa shape index (κ2) is 6.16. The first-order chi connectivity index (χ1) is 9.61. The van der Waals surface area contributed by atoms with Gasteiger partial charge in [0.1, 0.15) is 5.56 Å². The molecule has 0 aliphatic rings. The maximum atomic E-state index is 11.0. The third-order valence-electron chi connectivity index (χ3n) is 2.92. The first-order valence-electron chi connectivity index (χ1n) is 6.05. The van der Waals surface area contributed by atoms with Gasteiger partial charge in [-0.05, 0) is 11.6 Å². The molecule has 2 heterocycles. The largest absolute Gasteiger partial charge is 0.481 e. The van der Waals surface area contributed by atoms with Crippen molar-refractivity contribution >= 4 is 5.97 Å². The molecule has 20 heavy (non-hydrogen) atoms. The van der Waals surface area contributed by atoms with Crippen LogP contribution in [0.15, 0.2) is 24.5 Å². The predicted octanol–water partition coefficient (Wildman–Crippen LogP) is 0.812. The Kier molecular flexibility index (Phi) is 4.31. The summed E-state index contributed by atoms with van der Waals surface area (Å²) in [6, 6.07) is 3.70. The van der Waals surface area contributed by atoms with Gasteiger partial charge in [-0.1, -0.05) is 0 Å². The highest BCUT2D eigenvalue weighted by Gasteiger charge is 2.14. The number of aromatic carboxylic acids is 1. The van der Waals surface area contributed by atoms with Crippen LogP contribution in [-0.2, 0) is 20.1 Å². The lowest BCUT2D eigenvalue weighted by atomic mass is 10.2. The Morgan fingerprint density at radius 2 is 2.30 bits per heavy atom. The number of hydrogen-bond donors (Lipinski definition) is 2. The Balaban J connectivity index is 1.99.